The van der Waals surface area contributed by atoms with Gasteiger partial charge in [-0.25, -0.2) is 0 Å². The Kier molecular flexibility index (Phi) is 6.34. The van der Waals surface area contributed by atoms with Gasteiger partial charge in [-0.05, 0) is 25.3 Å². The topological polar surface area (TPSA) is 43.1 Å². The molecule has 0 saturated heterocycles. The van der Waals surface area contributed by atoms with Gasteiger partial charge in [0.05, 0.1) is 4.92 Å². The van der Waals surface area contributed by atoms with Gasteiger partial charge in [0.2, 0.25) is 5.70 Å². The number of hydrogen-bond donors (Lipinski definition) is 0. The Morgan fingerprint density at radius 3 is 2.50 bits per heavy atom. The van der Waals surface area contributed by atoms with Crippen LogP contribution in [0.5, 0.6) is 0 Å². The first kappa shape index (κ1) is 11.1. The maximum Gasteiger partial charge on any atom is 0.242 e. The second-order valence-electron chi connectivity index (χ2n) is 2.84. The lowest BCUT2D eigenvalue weighted by Gasteiger charge is -1.95. The summed E-state index contributed by atoms with van der Waals surface area (Å²) in [6, 6.07) is 0. The average molecular weight is 171 g/mol. The SMILES string of the molecule is CCCC/C=C(/CCC)[N+](=O)[O-]. The normalized spacial score (nSPS) is 11.7. The molecule has 0 aliphatic rings. The molecule has 0 spiro atoms. The first-order valence-electron chi connectivity index (χ1n) is 4.55. The van der Waals surface area contributed by atoms with Crippen molar-refractivity contribution in [3.8, 4) is 0 Å². The third-order valence-electron chi connectivity index (χ3n) is 1.68. The standard InChI is InChI=1S/C9H17NO2/c1-3-5-6-8-9(7-4-2)10(11)12/h8H,3-7H2,1-2H3/b9-8-. The second-order valence-corrected chi connectivity index (χ2v) is 2.84. The zero-order valence-corrected chi connectivity index (χ0v) is 7.88. The fourth-order valence-electron chi connectivity index (χ4n) is 0.997. The van der Waals surface area contributed by atoms with E-state index >= 15 is 0 Å². The highest BCUT2D eigenvalue weighted by molar-refractivity contribution is 4.90. The van der Waals surface area contributed by atoms with Crippen molar-refractivity contribution in [1.29, 1.82) is 0 Å². The molecule has 0 bridgehead atoms. The van der Waals surface area contributed by atoms with Crippen LogP contribution in [0.15, 0.2) is 11.8 Å². The second kappa shape index (κ2) is 6.83. The van der Waals surface area contributed by atoms with E-state index in [9.17, 15) is 10.1 Å². The molecule has 0 aromatic heterocycles. The van der Waals surface area contributed by atoms with E-state index in [1.807, 2.05) is 6.92 Å². The predicted molar refractivity (Wildman–Crippen MR) is 49.5 cm³/mol. The van der Waals surface area contributed by atoms with Crippen LogP contribution in [-0.4, -0.2) is 4.92 Å². The lowest BCUT2D eigenvalue weighted by Crippen LogP contribution is -1.97. The summed E-state index contributed by atoms with van der Waals surface area (Å²) in [5.74, 6) is 0. The van der Waals surface area contributed by atoms with Crippen LogP contribution < -0.4 is 0 Å². The summed E-state index contributed by atoms with van der Waals surface area (Å²) in [5, 5.41) is 10.4. The summed E-state index contributed by atoms with van der Waals surface area (Å²) in [5.41, 5.74) is 0.381. The minimum Gasteiger partial charge on any atom is -0.259 e. The first-order valence-corrected chi connectivity index (χ1v) is 4.55. The molecule has 0 saturated carbocycles. The van der Waals surface area contributed by atoms with Crippen LogP contribution in [0.1, 0.15) is 46.0 Å². The van der Waals surface area contributed by atoms with Crippen LogP contribution in [0.2, 0.25) is 0 Å². The Bertz CT molecular complexity index is 164. The molecule has 0 aliphatic carbocycles. The Morgan fingerprint density at radius 1 is 1.42 bits per heavy atom. The van der Waals surface area contributed by atoms with Crippen LogP contribution in [0, 0.1) is 10.1 Å². The lowest BCUT2D eigenvalue weighted by atomic mass is 10.2. The van der Waals surface area contributed by atoms with E-state index in [1.54, 1.807) is 6.08 Å². The maximum absolute atomic E-state index is 10.4. The molecule has 0 radical (unpaired) electrons. The van der Waals surface area contributed by atoms with Gasteiger partial charge in [-0.15, -0.1) is 0 Å². The van der Waals surface area contributed by atoms with Crippen LogP contribution in [0.3, 0.4) is 0 Å². The molecule has 0 fully saturated rings. The van der Waals surface area contributed by atoms with E-state index in [4.69, 9.17) is 0 Å². The molecular formula is C9H17NO2. The van der Waals surface area contributed by atoms with Crippen molar-refractivity contribution in [1.82, 2.24) is 0 Å². The average Bonchev–Trinajstić information content (AvgIpc) is 2.03. The highest BCUT2D eigenvalue weighted by Gasteiger charge is 2.06. The molecule has 0 aliphatic heterocycles. The van der Waals surface area contributed by atoms with Crippen LogP contribution >= 0.6 is 0 Å². The van der Waals surface area contributed by atoms with E-state index in [2.05, 4.69) is 6.92 Å². The van der Waals surface area contributed by atoms with Crippen LogP contribution in [0.4, 0.5) is 0 Å². The molecule has 0 atom stereocenters. The van der Waals surface area contributed by atoms with Crippen LogP contribution in [-0.2, 0) is 0 Å². The van der Waals surface area contributed by atoms with Crippen molar-refractivity contribution in [3.63, 3.8) is 0 Å². The molecule has 0 rings (SSSR count). The molecule has 0 aromatic carbocycles. The summed E-state index contributed by atoms with van der Waals surface area (Å²) < 4.78 is 0. The zero-order chi connectivity index (χ0) is 9.40. The van der Waals surface area contributed by atoms with Gasteiger partial charge in [-0.2, -0.15) is 0 Å². The molecule has 0 amide bonds. The summed E-state index contributed by atoms with van der Waals surface area (Å²) in [6.07, 6.45) is 6.17. The van der Waals surface area contributed by atoms with Crippen molar-refractivity contribution in [2.24, 2.45) is 0 Å². The van der Waals surface area contributed by atoms with Crippen molar-refractivity contribution in [2.45, 2.75) is 46.0 Å². The molecule has 3 heteroatoms. The van der Waals surface area contributed by atoms with Crippen molar-refractivity contribution >= 4 is 0 Å². The molecule has 0 unspecified atom stereocenters. The van der Waals surface area contributed by atoms with Crippen molar-refractivity contribution < 1.29 is 4.92 Å². The smallest absolute Gasteiger partial charge is 0.242 e. The largest absolute Gasteiger partial charge is 0.259 e. The highest BCUT2D eigenvalue weighted by Crippen LogP contribution is 2.08. The highest BCUT2D eigenvalue weighted by atomic mass is 16.6. The minimum absolute atomic E-state index is 0.265. The number of unbranched alkanes of at least 4 members (excludes halogenated alkanes) is 2. The summed E-state index contributed by atoms with van der Waals surface area (Å²) in [7, 11) is 0. The number of nitro groups is 1. The van der Waals surface area contributed by atoms with E-state index in [0.29, 0.717) is 12.1 Å². The zero-order valence-electron chi connectivity index (χ0n) is 7.88. The number of rotatable bonds is 6. The van der Waals surface area contributed by atoms with Crippen molar-refractivity contribution in [3.05, 3.63) is 21.9 Å². The third-order valence-corrected chi connectivity index (χ3v) is 1.68. The van der Waals surface area contributed by atoms with Gasteiger partial charge in [0.15, 0.2) is 0 Å². The van der Waals surface area contributed by atoms with E-state index in [0.717, 1.165) is 25.7 Å². The molecule has 12 heavy (non-hydrogen) atoms. The minimum atomic E-state index is -0.265. The third kappa shape index (κ3) is 4.88. The molecule has 0 aromatic rings. The number of hydrogen-bond acceptors (Lipinski definition) is 2. The van der Waals surface area contributed by atoms with Gasteiger partial charge in [0.1, 0.15) is 0 Å². The molecular weight excluding hydrogens is 154 g/mol. The number of allylic oxidation sites excluding steroid dienone is 2. The van der Waals surface area contributed by atoms with E-state index in [-0.39, 0.29) is 4.92 Å². The van der Waals surface area contributed by atoms with Gasteiger partial charge in [0, 0.05) is 6.42 Å². The van der Waals surface area contributed by atoms with Gasteiger partial charge in [0.25, 0.3) is 0 Å². The summed E-state index contributed by atoms with van der Waals surface area (Å²) in [6.45, 7) is 4.04. The summed E-state index contributed by atoms with van der Waals surface area (Å²) >= 11 is 0. The van der Waals surface area contributed by atoms with E-state index in [1.165, 1.54) is 0 Å². The molecule has 3 nitrogen and oxygen atoms in total. The first-order chi connectivity index (χ1) is 5.72. The van der Waals surface area contributed by atoms with Gasteiger partial charge in [-0.1, -0.05) is 20.3 Å². The van der Waals surface area contributed by atoms with Crippen LogP contribution in [0.25, 0.3) is 0 Å². The van der Waals surface area contributed by atoms with Crippen molar-refractivity contribution in [2.75, 3.05) is 0 Å². The fourth-order valence-corrected chi connectivity index (χ4v) is 0.997. The van der Waals surface area contributed by atoms with Gasteiger partial charge in [-0.3, -0.25) is 10.1 Å². The van der Waals surface area contributed by atoms with Gasteiger partial charge >= 0.3 is 0 Å². The quantitative estimate of drug-likeness (QED) is 0.350. The molecule has 0 heterocycles. The number of nitrogens with zero attached hydrogens (tertiary/aromatic N) is 1. The van der Waals surface area contributed by atoms with E-state index < -0.39 is 0 Å². The molecule has 0 N–H and O–H groups in total. The Morgan fingerprint density at radius 2 is 2.08 bits per heavy atom. The Hall–Kier alpha value is -0.860. The maximum atomic E-state index is 10.4. The Labute approximate surface area is 73.6 Å². The predicted octanol–water partition coefficient (Wildman–Crippen LogP) is 3.14. The Balaban J connectivity index is 3.90. The summed E-state index contributed by atoms with van der Waals surface area (Å²) in [4.78, 5) is 10.2. The monoisotopic (exact) mass is 171 g/mol. The lowest BCUT2D eigenvalue weighted by molar-refractivity contribution is -0.428. The fraction of sp³-hybridized carbons (Fsp3) is 0.778. The van der Waals surface area contributed by atoms with Gasteiger partial charge < -0.3 is 0 Å². The molecule has 70 valence electrons.